The van der Waals surface area contributed by atoms with Crippen molar-refractivity contribution in [2.45, 2.75) is 70.6 Å². The van der Waals surface area contributed by atoms with Gasteiger partial charge in [0.15, 0.2) is 5.96 Å². The molecule has 1 aromatic heterocycles. The van der Waals surface area contributed by atoms with Gasteiger partial charge in [0.05, 0.1) is 18.2 Å². The number of aliphatic imine (C=N–C) groups is 1. The van der Waals surface area contributed by atoms with Crippen LogP contribution in [0, 0.1) is 6.92 Å². The molecule has 1 unspecified atom stereocenters. The van der Waals surface area contributed by atoms with Crippen LogP contribution in [0.3, 0.4) is 0 Å². The number of aliphatic hydroxyl groups is 1. The van der Waals surface area contributed by atoms with Gasteiger partial charge >= 0.3 is 0 Å². The summed E-state index contributed by atoms with van der Waals surface area (Å²) < 4.78 is 1.99. The Labute approximate surface area is 137 Å². The fourth-order valence-corrected chi connectivity index (χ4v) is 3.51. The first-order valence-corrected chi connectivity index (χ1v) is 8.78. The molecule has 1 saturated carbocycles. The summed E-state index contributed by atoms with van der Waals surface area (Å²) in [6.45, 7) is 6.16. The highest BCUT2D eigenvalue weighted by Crippen LogP contribution is 2.29. The second kappa shape index (κ2) is 6.86. The third-order valence-electron chi connectivity index (χ3n) is 4.70. The molecule has 1 atom stereocenters. The van der Waals surface area contributed by atoms with Crippen LogP contribution in [0.15, 0.2) is 4.99 Å². The predicted octanol–water partition coefficient (Wildman–Crippen LogP) is 1.28. The minimum absolute atomic E-state index is 0.126. The fraction of sp³-hybridized carbons (Fsp3) is 0.812. The maximum absolute atomic E-state index is 10.5. The maximum Gasteiger partial charge on any atom is 0.191 e. The lowest BCUT2D eigenvalue weighted by molar-refractivity contribution is 0.0574. The number of nitrogens with zero attached hydrogens (tertiary/aromatic N) is 4. The van der Waals surface area contributed by atoms with E-state index in [9.17, 15) is 5.11 Å². The third-order valence-corrected chi connectivity index (χ3v) is 4.70. The van der Waals surface area contributed by atoms with E-state index in [1.165, 1.54) is 0 Å². The topological polar surface area (TPSA) is 87.4 Å². The molecule has 0 spiro atoms. The largest absolute Gasteiger partial charge is 0.388 e. The van der Waals surface area contributed by atoms with E-state index in [0.29, 0.717) is 6.54 Å². The van der Waals surface area contributed by atoms with Gasteiger partial charge in [0.2, 0.25) is 0 Å². The number of guanidine groups is 1. The summed E-state index contributed by atoms with van der Waals surface area (Å²) in [5, 5.41) is 21.7. The number of fused-ring (bicyclic) bond motifs is 1. The highest BCUT2D eigenvalue weighted by atomic mass is 16.3. The van der Waals surface area contributed by atoms with E-state index in [2.05, 4.69) is 32.6 Å². The van der Waals surface area contributed by atoms with Crippen molar-refractivity contribution in [1.82, 2.24) is 25.4 Å². The Morgan fingerprint density at radius 2 is 2.17 bits per heavy atom. The maximum atomic E-state index is 10.5. The molecule has 3 rings (SSSR count). The lowest BCUT2D eigenvalue weighted by Crippen LogP contribution is -2.42. The van der Waals surface area contributed by atoms with Crippen molar-refractivity contribution in [2.24, 2.45) is 4.99 Å². The molecular weight excluding hydrogens is 292 g/mol. The first-order valence-electron chi connectivity index (χ1n) is 8.78. The van der Waals surface area contributed by atoms with Gasteiger partial charge in [-0.1, -0.05) is 12.8 Å². The molecule has 1 aromatic rings. The highest BCUT2D eigenvalue weighted by Gasteiger charge is 2.31. The molecule has 0 saturated heterocycles. The average Bonchev–Trinajstić information content (AvgIpc) is 3.11. The van der Waals surface area contributed by atoms with Gasteiger partial charge in [0.25, 0.3) is 0 Å². The number of hydrogen-bond acceptors (Lipinski definition) is 4. The number of aromatic nitrogens is 3. The minimum atomic E-state index is -0.620. The van der Waals surface area contributed by atoms with Crippen LogP contribution < -0.4 is 10.6 Å². The molecule has 1 fully saturated rings. The SMILES string of the molecule is CCNC(=NCC1(O)CCCC1)NC1CCCn2nc(C)nc21. The van der Waals surface area contributed by atoms with Crippen molar-refractivity contribution in [3.05, 3.63) is 11.6 Å². The van der Waals surface area contributed by atoms with Crippen LogP contribution >= 0.6 is 0 Å². The fourth-order valence-electron chi connectivity index (χ4n) is 3.51. The summed E-state index contributed by atoms with van der Waals surface area (Å²) in [4.78, 5) is 9.18. The Balaban J connectivity index is 1.70. The lowest BCUT2D eigenvalue weighted by Gasteiger charge is -2.26. The van der Waals surface area contributed by atoms with E-state index in [0.717, 1.165) is 69.2 Å². The molecule has 2 heterocycles. The van der Waals surface area contributed by atoms with Crippen LogP contribution in [0.1, 0.15) is 63.1 Å². The summed E-state index contributed by atoms with van der Waals surface area (Å²) >= 11 is 0. The zero-order valence-corrected chi connectivity index (χ0v) is 14.2. The Morgan fingerprint density at radius 3 is 2.91 bits per heavy atom. The van der Waals surface area contributed by atoms with Crippen molar-refractivity contribution in [1.29, 1.82) is 0 Å². The highest BCUT2D eigenvalue weighted by molar-refractivity contribution is 5.80. The van der Waals surface area contributed by atoms with Crippen molar-refractivity contribution in [2.75, 3.05) is 13.1 Å². The zero-order valence-electron chi connectivity index (χ0n) is 14.2. The number of aryl methyl sites for hydroxylation is 2. The predicted molar refractivity (Wildman–Crippen MR) is 89.3 cm³/mol. The van der Waals surface area contributed by atoms with E-state index < -0.39 is 5.60 Å². The monoisotopic (exact) mass is 320 g/mol. The molecule has 2 aliphatic rings. The van der Waals surface area contributed by atoms with Crippen LogP contribution in [0.2, 0.25) is 0 Å². The molecule has 7 heteroatoms. The summed E-state index contributed by atoms with van der Waals surface area (Å²) in [5.74, 6) is 2.56. The Kier molecular flexibility index (Phi) is 4.84. The summed E-state index contributed by atoms with van der Waals surface area (Å²) in [7, 11) is 0. The van der Waals surface area contributed by atoms with Crippen molar-refractivity contribution in [3.8, 4) is 0 Å². The lowest BCUT2D eigenvalue weighted by atomic mass is 10.0. The second-order valence-electron chi connectivity index (χ2n) is 6.71. The van der Waals surface area contributed by atoms with E-state index in [1.807, 2.05) is 11.6 Å². The van der Waals surface area contributed by atoms with Gasteiger partial charge in [-0.05, 0) is 39.5 Å². The van der Waals surface area contributed by atoms with Gasteiger partial charge < -0.3 is 15.7 Å². The zero-order chi connectivity index (χ0) is 16.3. The van der Waals surface area contributed by atoms with Crippen LogP contribution in [-0.2, 0) is 6.54 Å². The molecule has 1 aliphatic heterocycles. The molecular formula is C16H28N6O. The van der Waals surface area contributed by atoms with E-state index in [1.54, 1.807) is 0 Å². The number of hydrogen-bond donors (Lipinski definition) is 3. The minimum Gasteiger partial charge on any atom is -0.388 e. The Hall–Kier alpha value is -1.63. The standard InChI is InChI=1S/C16H28N6O/c1-3-17-15(18-11-16(23)8-4-5-9-16)20-13-7-6-10-22-14(13)19-12(2)21-22/h13,23H,3-11H2,1-2H3,(H2,17,18,20). The van der Waals surface area contributed by atoms with E-state index >= 15 is 0 Å². The Bertz CT molecular complexity index is 561. The smallest absolute Gasteiger partial charge is 0.191 e. The molecule has 23 heavy (non-hydrogen) atoms. The number of nitrogens with one attached hydrogen (secondary N) is 2. The molecule has 128 valence electrons. The van der Waals surface area contributed by atoms with Gasteiger partial charge in [-0.15, -0.1) is 0 Å². The molecule has 0 bridgehead atoms. The van der Waals surface area contributed by atoms with E-state index in [-0.39, 0.29) is 6.04 Å². The van der Waals surface area contributed by atoms with Crippen LogP contribution in [0.5, 0.6) is 0 Å². The van der Waals surface area contributed by atoms with Gasteiger partial charge in [-0.25, -0.2) is 9.67 Å². The first-order chi connectivity index (χ1) is 11.1. The molecule has 1 aliphatic carbocycles. The average molecular weight is 320 g/mol. The van der Waals surface area contributed by atoms with Crippen LogP contribution in [0.25, 0.3) is 0 Å². The van der Waals surface area contributed by atoms with Gasteiger partial charge in [0, 0.05) is 13.1 Å². The van der Waals surface area contributed by atoms with Crippen molar-refractivity contribution < 1.29 is 5.11 Å². The normalized spacial score (nSPS) is 23.6. The summed E-state index contributed by atoms with van der Waals surface area (Å²) in [6.07, 6.45) is 6.01. The molecule has 0 aromatic carbocycles. The summed E-state index contributed by atoms with van der Waals surface area (Å²) in [5.41, 5.74) is -0.620. The van der Waals surface area contributed by atoms with Crippen LogP contribution in [-0.4, -0.2) is 44.5 Å². The van der Waals surface area contributed by atoms with Gasteiger partial charge in [0.1, 0.15) is 11.6 Å². The Morgan fingerprint density at radius 1 is 1.39 bits per heavy atom. The molecule has 7 nitrogen and oxygen atoms in total. The van der Waals surface area contributed by atoms with E-state index in [4.69, 9.17) is 0 Å². The second-order valence-corrected chi connectivity index (χ2v) is 6.71. The van der Waals surface area contributed by atoms with Gasteiger partial charge in [-0.2, -0.15) is 5.10 Å². The molecule has 0 amide bonds. The quantitative estimate of drug-likeness (QED) is 0.575. The van der Waals surface area contributed by atoms with Crippen molar-refractivity contribution >= 4 is 5.96 Å². The van der Waals surface area contributed by atoms with Crippen molar-refractivity contribution in [3.63, 3.8) is 0 Å². The van der Waals surface area contributed by atoms with Crippen LogP contribution in [0.4, 0.5) is 0 Å². The first kappa shape index (κ1) is 16.2. The van der Waals surface area contributed by atoms with Gasteiger partial charge in [-0.3, -0.25) is 4.99 Å². The molecule has 3 N–H and O–H groups in total. The third kappa shape index (κ3) is 3.83. The number of rotatable bonds is 4. The summed E-state index contributed by atoms with van der Waals surface area (Å²) in [6, 6.07) is 0.126. The molecule has 0 radical (unpaired) electrons.